The number of aromatic nitrogens is 2. The second-order valence-electron chi connectivity index (χ2n) is 7.21. The smallest absolute Gasteiger partial charge is 0.154 e. The van der Waals surface area contributed by atoms with Crippen molar-refractivity contribution in [1.82, 2.24) is 14.9 Å². The van der Waals surface area contributed by atoms with E-state index in [1.165, 1.54) is 12.1 Å². The van der Waals surface area contributed by atoms with Gasteiger partial charge in [-0.15, -0.1) is 0 Å². The lowest BCUT2D eigenvalue weighted by Gasteiger charge is -2.26. The van der Waals surface area contributed by atoms with E-state index in [0.29, 0.717) is 10.8 Å². The molecule has 1 saturated heterocycles. The number of halogens is 2. The van der Waals surface area contributed by atoms with Crippen LogP contribution in [-0.4, -0.2) is 54.3 Å². The van der Waals surface area contributed by atoms with Gasteiger partial charge in [-0.05, 0) is 54.9 Å². The molecule has 4 rings (SSSR count). The largest absolute Gasteiger partial charge is 0.379 e. The zero-order valence-electron chi connectivity index (χ0n) is 16.7. The third kappa shape index (κ3) is 5.53. The number of nitrogens with zero attached hydrogens (tertiary/aromatic N) is 3. The van der Waals surface area contributed by atoms with Gasteiger partial charge in [-0.1, -0.05) is 29.8 Å². The Morgan fingerprint density at radius 3 is 2.67 bits per heavy atom. The lowest BCUT2D eigenvalue weighted by atomic mass is 10.2. The molecule has 0 saturated carbocycles. The van der Waals surface area contributed by atoms with Crippen LogP contribution in [0.5, 0.6) is 0 Å². The van der Waals surface area contributed by atoms with E-state index in [2.05, 4.69) is 20.2 Å². The van der Waals surface area contributed by atoms with Gasteiger partial charge in [0, 0.05) is 30.0 Å². The van der Waals surface area contributed by atoms with Crippen molar-refractivity contribution in [3.05, 3.63) is 64.7 Å². The predicted octanol–water partition coefficient (Wildman–Crippen LogP) is 4.73. The van der Waals surface area contributed by atoms with Crippen LogP contribution in [0.25, 0.3) is 23.1 Å². The molecule has 0 spiro atoms. The number of rotatable bonds is 7. The van der Waals surface area contributed by atoms with Crippen LogP contribution in [-0.2, 0) is 4.74 Å². The number of nitrogens with one attached hydrogen (secondary N) is 1. The fourth-order valence-corrected chi connectivity index (χ4v) is 3.58. The summed E-state index contributed by atoms with van der Waals surface area (Å²) in [5, 5.41) is 5.00. The van der Waals surface area contributed by atoms with Crippen molar-refractivity contribution in [3.8, 4) is 0 Å². The molecule has 1 fully saturated rings. The summed E-state index contributed by atoms with van der Waals surface area (Å²) in [5.74, 6) is 1.10. The predicted molar refractivity (Wildman–Crippen MR) is 120 cm³/mol. The highest BCUT2D eigenvalue weighted by Crippen LogP contribution is 2.24. The van der Waals surface area contributed by atoms with Gasteiger partial charge >= 0.3 is 0 Å². The number of morpholine rings is 1. The monoisotopic (exact) mass is 426 g/mol. The molecule has 30 heavy (non-hydrogen) atoms. The Balaban J connectivity index is 1.49. The zero-order chi connectivity index (χ0) is 20.8. The summed E-state index contributed by atoms with van der Waals surface area (Å²) in [6.07, 6.45) is 4.71. The summed E-state index contributed by atoms with van der Waals surface area (Å²) in [7, 11) is 0. The van der Waals surface area contributed by atoms with Crippen LogP contribution in [0, 0.1) is 5.82 Å². The van der Waals surface area contributed by atoms with Gasteiger partial charge in [-0.3, -0.25) is 4.90 Å². The molecular formula is C23H24ClFN4O. The number of hydrogen-bond acceptors (Lipinski definition) is 5. The van der Waals surface area contributed by atoms with Gasteiger partial charge in [-0.25, -0.2) is 14.4 Å². The first-order chi connectivity index (χ1) is 14.7. The summed E-state index contributed by atoms with van der Waals surface area (Å²) in [5.41, 5.74) is 1.71. The maximum Gasteiger partial charge on any atom is 0.154 e. The summed E-state index contributed by atoms with van der Waals surface area (Å²) in [4.78, 5) is 11.7. The molecule has 2 aromatic carbocycles. The standard InChI is InChI=1S/C23H24ClFN4O/c24-18-5-8-21-20(16-18)23(26-10-1-11-29-12-14-30-15-13-29)28-22(27-21)9-4-17-2-6-19(25)7-3-17/h2-9,16H,1,10-15H2,(H,26,27,28). The molecule has 0 unspecified atom stereocenters. The fraction of sp³-hybridized carbons (Fsp3) is 0.304. The lowest BCUT2D eigenvalue weighted by molar-refractivity contribution is 0.0378. The first kappa shape index (κ1) is 20.7. The van der Waals surface area contributed by atoms with Gasteiger partial charge in [0.15, 0.2) is 5.82 Å². The van der Waals surface area contributed by atoms with Crippen molar-refractivity contribution in [2.24, 2.45) is 0 Å². The summed E-state index contributed by atoms with van der Waals surface area (Å²) in [6, 6.07) is 11.9. The maximum atomic E-state index is 13.1. The molecule has 0 bridgehead atoms. The normalized spacial score (nSPS) is 15.1. The SMILES string of the molecule is Fc1ccc(C=Cc2nc(NCCCN3CCOCC3)c3cc(Cl)ccc3n2)cc1. The molecule has 3 aromatic rings. The summed E-state index contributed by atoms with van der Waals surface area (Å²) < 4.78 is 18.5. The number of benzene rings is 2. The van der Waals surface area contributed by atoms with E-state index in [0.717, 1.165) is 68.1 Å². The van der Waals surface area contributed by atoms with Gasteiger partial charge in [0.25, 0.3) is 0 Å². The van der Waals surface area contributed by atoms with Gasteiger partial charge < -0.3 is 10.1 Å². The molecule has 5 nitrogen and oxygen atoms in total. The zero-order valence-corrected chi connectivity index (χ0v) is 17.4. The second kappa shape index (κ2) is 9.98. The first-order valence-electron chi connectivity index (χ1n) is 10.1. The third-order valence-corrected chi connectivity index (χ3v) is 5.25. The molecule has 1 N–H and O–H groups in total. The Labute approximate surface area is 180 Å². The minimum absolute atomic E-state index is 0.255. The average Bonchev–Trinajstić information content (AvgIpc) is 2.77. The second-order valence-corrected chi connectivity index (χ2v) is 7.65. The van der Waals surface area contributed by atoms with E-state index >= 15 is 0 Å². The van der Waals surface area contributed by atoms with Gasteiger partial charge in [-0.2, -0.15) is 0 Å². The number of anilines is 1. The summed E-state index contributed by atoms with van der Waals surface area (Å²) >= 11 is 6.20. The Kier molecular flexibility index (Phi) is 6.89. The molecule has 1 aromatic heterocycles. The highest BCUT2D eigenvalue weighted by atomic mass is 35.5. The van der Waals surface area contributed by atoms with Crippen LogP contribution in [0.1, 0.15) is 17.8 Å². The minimum Gasteiger partial charge on any atom is -0.379 e. The Morgan fingerprint density at radius 1 is 1.07 bits per heavy atom. The highest BCUT2D eigenvalue weighted by molar-refractivity contribution is 6.31. The molecule has 156 valence electrons. The molecule has 0 radical (unpaired) electrons. The quantitative estimate of drug-likeness (QED) is 0.553. The van der Waals surface area contributed by atoms with E-state index in [4.69, 9.17) is 16.3 Å². The molecule has 0 atom stereocenters. The average molecular weight is 427 g/mol. The van der Waals surface area contributed by atoms with Crippen molar-refractivity contribution in [3.63, 3.8) is 0 Å². The van der Waals surface area contributed by atoms with Crippen LogP contribution < -0.4 is 5.32 Å². The van der Waals surface area contributed by atoms with Crippen LogP contribution >= 0.6 is 11.6 Å². The van der Waals surface area contributed by atoms with Crippen molar-refractivity contribution >= 4 is 40.5 Å². The molecule has 7 heteroatoms. The third-order valence-electron chi connectivity index (χ3n) is 5.02. The number of ether oxygens (including phenoxy) is 1. The molecule has 0 aliphatic carbocycles. The molecule has 1 aliphatic rings. The van der Waals surface area contributed by atoms with Crippen molar-refractivity contribution < 1.29 is 9.13 Å². The van der Waals surface area contributed by atoms with E-state index in [9.17, 15) is 4.39 Å². The highest BCUT2D eigenvalue weighted by Gasteiger charge is 2.10. The Morgan fingerprint density at radius 2 is 1.87 bits per heavy atom. The molecule has 1 aliphatic heterocycles. The van der Waals surface area contributed by atoms with E-state index < -0.39 is 0 Å². The van der Waals surface area contributed by atoms with Crippen LogP contribution in [0.2, 0.25) is 5.02 Å². The van der Waals surface area contributed by atoms with E-state index in [1.54, 1.807) is 12.1 Å². The fourth-order valence-electron chi connectivity index (χ4n) is 3.41. The van der Waals surface area contributed by atoms with E-state index in [-0.39, 0.29) is 5.82 Å². The van der Waals surface area contributed by atoms with Crippen molar-refractivity contribution in [1.29, 1.82) is 0 Å². The van der Waals surface area contributed by atoms with Gasteiger partial charge in [0.2, 0.25) is 0 Å². The number of fused-ring (bicyclic) bond motifs is 1. The van der Waals surface area contributed by atoms with Crippen LogP contribution in [0.4, 0.5) is 10.2 Å². The topological polar surface area (TPSA) is 50.3 Å². The van der Waals surface area contributed by atoms with Gasteiger partial charge in [0.05, 0.1) is 18.7 Å². The van der Waals surface area contributed by atoms with Gasteiger partial charge in [0.1, 0.15) is 11.6 Å². The Hall–Kier alpha value is -2.54. The first-order valence-corrected chi connectivity index (χ1v) is 10.5. The van der Waals surface area contributed by atoms with Crippen molar-refractivity contribution in [2.75, 3.05) is 44.7 Å². The molecule has 2 heterocycles. The lowest BCUT2D eigenvalue weighted by Crippen LogP contribution is -2.37. The molecular weight excluding hydrogens is 403 g/mol. The van der Waals surface area contributed by atoms with Crippen LogP contribution in [0.3, 0.4) is 0 Å². The summed E-state index contributed by atoms with van der Waals surface area (Å²) in [6.45, 7) is 5.43. The number of hydrogen-bond donors (Lipinski definition) is 1. The Bertz CT molecular complexity index is 1020. The maximum absolute atomic E-state index is 13.1. The van der Waals surface area contributed by atoms with E-state index in [1.807, 2.05) is 30.4 Å². The molecule has 0 amide bonds. The minimum atomic E-state index is -0.255. The van der Waals surface area contributed by atoms with Crippen molar-refractivity contribution in [2.45, 2.75) is 6.42 Å². The van der Waals surface area contributed by atoms with Crippen LogP contribution in [0.15, 0.2) is 42.5 Å².